The summed E-state index contributed by atoms with van der Waals surface area (Å²) < 4.78 is 4.88. The first kappa shape index (κ1) is 43.0. The van der Waals surface area contributed by atoms with Crippen molar-refractivity contribution in [2.75, 3.05) is 29.4 Å². The number of anilines is 2. The van der Waals surface area contributed by atoms with E-state index < -0.39 is 0 Å². The van der Waals surface area contributed by atoms with Crippen molar-refractivity contribution in [1.29, 1.82) is 0 Å². The topological polar surface area (TPSA) is 9.49 Å². The van der Waals surface area contributed by atoms with Gasteiger partial charge in [-0.05, 0) is 132 Å². The predicted molar refractivity (Wildman–Crippen MR) is 282 cm³/mol. The van der Waals surface area contributed by atoms with Crippen LogP contribution in [0.4, 0.5) is 17.1 Å². The number of hydrogen-bond donors (Lipinski definition) is 0. The van der Waals surface area contributed by atoms with Gasteiger partial charge in [-0.2, -0.15) is 4.58 Å². The highest BCUT2D eigenvalue weighted by atomic mass is 79.9. The molecule has 3 aliphatic heterocycles. The standard InChI is InChI=1S/C59H60Br2N3/c1-7-9-15-34-62-51-29-21-40-37-42(60)23-25-44(40)55(51)58(3,4)53(62)31-27-48-46-18-12-13-19-47(46)49(57(48)64-36-33-39-17-11-14-20-50(39)64)28-32-54-59(5,6)56-45-26-24-43(61)38-41(45)22-30-52(56)63(54)35-16-10-8-2/h11-14,17-32,37-38H,7-10,15-16,33-36H2,1-6H3/q+1. The van der Waals surface area contributed by atoms with E-state index in [1.54, 1.807) is 0 Å². The maximum atomic E-state index is 3.75. The molecule has 0 N–H and O–H groups in total. The molecule has 6 aromatic rings. The highest BCUT2D eigenvalue weighted by Gasteiger charge is 2.46. The van der Waals surface area contributed by atoms with Crippen molar-refractivity contribution in [1.82, 2.24) is 0 Å². The van der Waals surface area contributed by atoms with Gasteiger partial charge >= 0.3 is 0 Å². The summed E-state index contributed by atoms with van der Waals surface area (Å²) in [5.74, 6) is 0. The average molecular weight is 971 g/mol. The summed E-state index contributed by atoms with van der Waals surface area (Å²) in [6, 6.07) is 41.2. The Morgan fingerprint density at radius 1 is 0.641 bits per heavy atom. The van der Waals surface area contributed by atoms with Crippen LogP contribution < -0.4 is 9.80 Å². The minimum atomic E-state index is -0.196. The lowest BCUT2D eigenvalue weighted by Gasteiger charge is -2.28. The summed E-state index contributed by atoms with van der Waals surface area (Å²) in [7, 11) is 0. The van der Waals surface area contributed by atoms with Crippen LogP contribution in [0.3, 0.4) is 0 Å². The molecule has 0 fully saturated rings. The van der Waals surface area contributed by atoms with Crippen molar-refractivity contribution >= 4 is 87.3 Å². The fraction of sp³-hybridized carbons (Fsp3) is 0.305. The molecule has 6 aromatic carbocycles. The highest BCUT2D eigenvalue weighted by Crippen LogP contribution is 2.53. The Kier molecular flexibility index (Phi) is 11.5. The van der Waals surface area contributed by atoms with Crippen LogP contribution in [0.1, 0.15) is 108 Å². The first-order chi connectivity index (χ1) is 31.0. The molecule has 1 aliphatic carbocycles. The van der Waals surface area contributed by atoms with Crippen LogP contribution in [0.2, 0.25) is 0 Å². The second kappa shape index (κ2) is 17.1. The molecular formula is C59H60Br2N3+. The molecule has 0 bridgehead atoms. The maximum Gasteiger partial charge on any atom is 0.210 e. The molecule has 0 aromatic heterocycles. The van der Waals surface area contributed by atoms with E-state index in [1.807, 2.05) is 0 Å². The highest BCUT2D eigenvalue weighted by molar-refractivity contribution is 9.10. The monoisotopic (exact) mass is 968 g/mol. The van der Waals surface area contributed by atoms with Gasteiger partial charge < -0.3 is 9.80 Å². The van der Waals surface area contributed by atoms with Crippen molar-refractivity contribution in [3.8, 4) is 0 Å². The summed E-state index contributed by atoms with van der Waals surface area (Å²) in [5, 5.41) is 5.25. The number of unbranched alkanes of at least 4 members (excludes halogenated alkanes) is 4. The van der Waals surface area contributed by atoms with Gasteiger partial charge in [0.25, 0.3) is 0 Å². The van der Waals surface area contributed by atoms with Crippen LogP contribution in [-0.2, 0) is 17.3 Å². The van der Waals surface area contributed by atoms with E-state index in [0.29, 0.717) is 0 Å². The molecule has 4 aliphatic rings. The Labute approximate surface area is 397 Å². The number of para-hydroxylation sites is 1. The number of halogens is 2. The van der Waals surface area contributed by atoms with Gasteiger partial charge in [0.1, 0.15) is 6.54 Å². The second-order valence-electron chi connectivity index (χ2n) is 19.3. The summed E-state index contributed by atoms with van der Waals surface area (Å²) in [6.45, 7) is 17.3. The first-order valence-corrected chi connectivity index (χ1v) is 25.3. The number of nitrogens with zero attached hydrogens (tertiary/aromatic N) is 3. The fourth-order valence-electron chi connectivity index (χ4n) is 11.5. The van der Waals surface area contributed by atoms with E-state index in [1.165, 1.54) is 120 Å². The quantitative estimate of drug-likeness (QED) is 0.0893. The Bertz CT molecular complexity index is 3010. The molecule has 5 heteroatoms. The Morgan fingerprint density at radius 3 is 2.06 bits per heavy atom. The molecular weight excluding hydrogens is 910 g/mol. The third kappa shape index (κ3) is 7.17. The van der Waals surface area contributed by atoms with Crippen LogP contribution in [0.5, 0.6) is 0 Å². The van der Waals surface area contributed by atoms with Crippen LogP contribution in [-0.4, -0.2) is 29.9 Å². The van der Waals surface area contributed by atoms with Crippen LogP contribution in [0.15, 0.2) is 154 Å². The van der Waals surface area contributed by atoms with Gasteiger partial charge in [-0.3, -0.25) is 0 Å². The lowest BCUT2D eigenvalue weighted by atomic mass is 9.79. The Balaban J connectivity index is 1.16. The van der Waals surface area contributed by atoms with Crippen molar-refractivity contribution < 1.29 is 4.58 Å². The summed E-state index contributed by atoms with van der Waals surface area (Å²) in [6.07, 6.45) is 18.1. The third-order valence-corrected chi connectivity index (χ3v) is 15.6. The van der Waals surface area contributed by atoms with E-state index >= 15 is 0 Å². The van der Waals surface area contributed by atoms with E-state index in [4.69, 9.17) is 0 Å². The summed E-state index contributed by atoms with van der Waals surface area (Å²) in [4.78, 5) is 5.27. The number of allylic oxidation sites excluding steroid dienone is 7. The summed E-state index contributed by atoms with van der Waals surface area (Å²) in [5.41, 5.74) is 17.1. The Morgan fingerprint density at radius 2 is 1.31 bits per heavy atom. The van der Waals surface area contributed by atoms with E-state index in [2.05, 4.69) is 221 Å². The normalized spacial score (nSPS) is 18.4. The van der Waals surface area contributed by atoms with E-state index in [-0.39, 0.29) is 10.8 Å². The zero-order valence-electron chi connectivity index (χ0n) is 38.4. The van der Waals surface area contributed by atoms with E-state index in [9.17, 15) is 0 Å². The zero-order chi connectivity index (χ0) is 44.3. The van der Waals surface area contributed by atoms with Gasteiger partial charge in [0.15, 0.2) is 5.71 Å². The number of benzene rings is 6. The largest absolute Gasteiger partial charge is 0.344 e. The van der Waals surface area contributed by atoms with Crippen LogP contribution in [0, 0.1) is 0 Å². The second-order valence-corrected chi connectivity index (χ2v) is 21.1. The molecule has 0 atom stereocenters. The molecule has 0 saturated carbocycles. The molecule has 324 valence electrons. The molecule has 0 unspecified atom stereocenters. The van der Waals surface area contributed by atoms with Crippen LogP contribution in [0.25, 0.3) is 32.7 Å². The minimum Gasteiger partial charge on any atom is -0.344 e. The molecule has 0 spiro atoms. The van der Waals surface area contributed by atoms with Gasteiger partial charge in [-0.25, -0.2) is 0 Å². The molecule has 0 amide bonds. The van der Waals surface area contributed by atoms with Gasteiger partial charge in [0.2, 0.25) is 5.69 Å². The smallest absolute Gasteiger partial charge is 0.210 e. The zero-order valence-corrected chi connectivity index (χ0v) is 41.5. The maximum absolute atomic E-state index is 3.75. The number of rotatable bonds is 12. The molecule has 0 saturated heterocycles. The first-order valence-electron chi connectivity index (χ1n) is 23.7. The van der Waals surface area contributed by atoms with Crippen LogP contribution >= 0.6 is 31.9 Å². The lowest BCUT2D eigenvalue weighted by Crippen LogP contribution is -2.28. The fourth-order valence-corrected chi connectivity index (χ4v) is 12.3. The van der Waals surface area contributed by atoms with Crippen molar-refractivity contribution in [3.05, 3.63) is 182 Å². The minimum absolute atomic E-state index is 0.196. The van der Waals surface area contributed by atoms with E-state index in [0.717, 1.165) is 47.8 Å². The van der Waals surface area contributed by atoms with Crippen molar-refractivity contribution in [3.63, 3.8) is 0 Å². The SMILES string of the molecule is CCCCCN1/C(=C/C=C2C(N3CCc4ccccc43)=C(/C=C/C3=[N+](CCCCC)c4ccc5cc(Br)ccc5c4C3(C)C)c3ccccc3/2)C(C)(C)c2c1ccc1cc(Br)ccc21. The molecule has 0 radical (unpaired) electrons. The third-order valence-electron chi connectivity index (χ3n) is 14.6. The lowest BCUT2D eigenvalue weighted by molar-refractivity contribution is -0.438. The van der Waals surface area contributed by atoms with Crippen molar-refractivity contribution in [2.45, 2.75) is 97.3 Å². The Hall–Kier alpha value is -4.97. The number of hydrogen-bond acceptors (Lipinski definition) is 2. The van der Waals surface area contributed by atoms with Gasteiger partial charge in [0.05, 0.1) is 11.1 Å². The molecule has 64 heavy (non-hydrogen) atoms. The average Bonchev–Trinajstić information content (AvgIpc) is 3.97. The van der Waals surface area contributed by atoms with Gasteiger partial charge in [0, 0.05) is 79.8 Å². The number of fused-ring (bicyclic) bond motifs is 8. The van der Waals surface area contributed by atoms with Gasteiger partial charge in [-0.15, -0.1) is 0 Å². The predicted octanol–water partition coefficient (Wildman–Crippen LogP) is 16.4. The molecule has 3 nitrogen and oxygen atoms in total. The molecule has 10 rings (SSSR count). The van der Waals surface area contributed by atoms with Gasteiger partial charge in [-0.1, -0.05) is 146 Å². The molecule has 3 heterocycles. The summed E-state index contributed by atoms with van der Waals surface area (Å²) >= 11 is 7.51. The van der Waals surface area contributed by atoms with Crippen molar-refractivity contribution in [2.24, 2.45) is 0 Å².